The van der Waals surface area contributed by atoms with Crippen LogP contribution in [0.4, 0.5) is 5.69 Å². The van der Waals surface area contributed by atoms with Gasteiger partial charge in [0.2, 0.25) is 0 Å². The molecule has 13 heavy (non-hydrogen) atoms. The highest BCUT2D eigenvalue weighted by Crippen LogP contribution is 2.27. The molecule has 0 aromatic heterocycles. The summed E-state index contributed by atoms with van der Waals surface area (Å²) in [4.78, 5) is 10.8. The van der Waals surface area contributed by atoms with Gasteiger partial charge >= 0.3 is 0 Å². The summed E-state index contributed by atoms with van der Waals surface area (Å²) in [7, 11) is 0. The molecular formula is C9H10N2O2. The molecule has 1 amide bonds. The molecule has 1 atom stereocenters. The highest BCUT2D eigenvalue weighted by atomic mass is 16.5. The predicted molar refractivity (Wildman–Crippen MR) is 48.5 cm³/mol. The third kappa shape index (κ3) is 1.42. The second-order valence-electron chi connectivity index (χ2n) is 2.89. The van der Waals surface area contributed by atoms with Gasteiger partial charge in [-0.05, 0) is 12.1 Å². The topological polar surface area (TPSA) is 64.4 Å². The number of fused-ring (bicyclic) bond motifs is 1. The van der Waals surface area contributed by atoms with Crippen molar-refractivity contribution < 1.29 is 9.53 Å². The van der Waals surface area contributed by atoms with Crippen LogP contribution in [0.2, 0.25) is 0 Å². The monoisotopic (exact) mass is 178 g/mol. The molecule has 4 heteroatoms. The molecule has 0 spiro atoms. The number of rotatable bonds is 1. The number of benzene rings is 1. The third-order valence-electron chi connectivity index (χ3n) is 1.95. The van der Waals surface area contributed by atoms with Crippen LogP contribution in [0.25, 0.3) is 0 Å². The fourth-order valence-electron chi connectivity index (χ4n) is 1.27. The second-order valence-corrected chi connectivity index (χ2v) is 2.89. The molecule has 2 rings (SSSR count). The maximum absolute atomic E-state index is 10.8. The van der Waals surface area contributed by atoms with Crippen molar-refractivity contribution in [3.05, 3.63) is 24.3 Å². The quantitative estimate of drug-likeness (QED) is 0.652. The van der Waals surface area contributed by atoms with E-state index in [-0.39, 0.29) is 0 Å². The van der Waals surface area contributed by atoms with E-state index in [2.05, 4.69) is 5.32 Å². The summed E-state index contributed by atoms with van der Waals surface area (Å²) in [6.45, 7) is 0.437. The molecule has 0 unspecified atom stereocenters. The van der Waals surface area contributed by atoms with E-state index in [0.29, 0.717) is 12.3 Å². The van der Waals surface area contributed by atoms with Crippen molar-refractivity contribution >= 4 is 11.6 Å². The van der Waals surface area contributed by atoms with Crippen LogP contribution in [0, 0.1) is 0 Å². The Labute approximate surface area is 75.7 Å². The van der Waals surface area contributed by atoms with Crippen molar-refractivity contribution in [2.75, 3.05) is 11.9 Å². The highest BCUT2D eigenvalue weighted by molar-refractivity contribution is 5.81. The molecular weight excluding hydrogens is 168 g/mol. The number of para-hydroxylation sites is 2. The first-order valence-corrected chi connectivity index (χ1v) is 4.06. The van der Waals surface area contributed by atoms with Crippen LogP contribution in [0.3, 0.4) is 0 Å². The molecule has 0 bridgehead atoms. The lowest BCUT2D eigenvalue weighted by atomic mass is 10.2. The van der Waals surface area contributed by atoms with Gasteiger partial charge < -0.3 is 15.8 Å². The lowest BCUT2D eigenvalue weighted by molar-refractivity contribution is -0.124. The molecule has 4 nitrogen and oxygen atoms in total. The smallest absolute Gasteiger partial charge is 0.260 e. The summed E-state index contributed by atoms with van der Waals surface area (Å²) in [5.41, 5.74) is 6.02. The van der Waals surface area contributed by atoms with Gasteiger partial charge in [-0.3, -0.25) is 4.79 Å². The number of hydrogen-bond donors (Lipinski definition) is 2. The van der Waals surface area contributed by atoms with E-state index in [0.717, 1.165) is 5.69 Å². The van der Waals surface area contributed by atoms with E-state index in [4.69, 9.17) is 10.5 Å². The number of ether oxygens (including phenoxy) is 1. The molecule has 1 aliphatic rings. The summed E-state index contributed by atoms with van der Waals surface area (Å²) in [6, 6.07) is 7.45. The Kier molecular flexibility index (Phi) is 1.81. The molecule has 3 N–H and O–H groups in total. The van der Waals surface area contributed by atoms with Gasteiger partial charge in [0.1, 0.15) is 5.75 Å². The van der Waals surface area contributed by atoms with Crippen molar-refractivity contribution in [3.8, 4) is 5.75 Å². The van der Waals surface area contributed by atoms with Crippen LogP contribution in [-0.4, -0.2) is 18.6 Å². The summed E-state index contributed by atoms with van der Waals surface area (Å²) in [6.07, 6.45) is -0.560. The van der Waals surface area contributed by atoms with E-state index in [9.17, 15) is 4.79 Å². The summed E-state index contributed by atoms with van der Waals surface area (Å²) >= 11 is 0. The second kappa shape index (κ2) is 2.97. The van der Waals surface area contributed by atoms with Crippen LogP contribution in [-0.2, 0) is 4.79 Å². The molecule has 0 saturated carbocycles. The van der Waals surface area contributed by atoms with E-state index in [1.54, 1.807) is 6.07 Å². The average molecular weight is 178 g/mol. The van der Waals surface area contributed by atoms with Gasteiger partial charge in [-0.2, -0.15) is 0 Å². The van der Waals surface area contributed by atoms with E-state index >= 15 is 0 Å². The molecule has 1 heterocycles. The molecule has 68 valence electrons. The maximum Gasteiger partial charge on any atom is 0.260 e. The van der Waals surface area contributed by atoms with Gasteiger partial charge in [-0.15, -0.1) is 0 Å². The maximum atomic E-state index is 10.8. The lowest BCUT2D eigenvalue weighted by Gasteiger charge is -2.24. The van der Waals surface area contributed by atoms with Gasteiger partial charge in [-0.25, -0.2) is 0 Å². The van der Waals surface area contributed by atoms with Crippen LogP contribution in [0.5, 0.6) is 5.75 Å². The lowest BCUT2D eigenvalue weighted by Crippen LogP contribution is -2.41. The zero-order valence-electron chi connectivity index (χ0n) is 6.99. The minimum atomic E-state index is -0.560. The summed E-state index contributed by atoms with van der Waals surface area (Å²) in [5, 5.41) is 3.07. The normalized spacial score (nSPS) is 19.5. The minimum Gasteiger partial charge on any atom is -0.477 e. The first-order valence-electron chi connectivity index (χ1n) is 4.06. The van der Waals surface area contributed by atoms with Crippen LogP contribution < -0.4 is 15.8 Å². The predicted octanol–water partition coefficient (Wildman–Crippen LogP) is 0.345. The Hall–Kier alpha value is -1.71. The van der Waals surface area contributed by atoms with Gasteiger partial charge in [0.15, 0.2) is 6.10 Å². The van der Waals surface area contributed by atoms with Gasteiger partial charge in [-0.1, -0.05) is 12.1 Å². The van der Waals surface area contributed by atoms with Crippen LogP contribution >= 0.6 is 0 Å². The number of amides is 1. The Balaban J connectivity index is 2.24. The third-order valence-corrected chi connectivity index (χ3v) is 1.95. The molecule has 0 radical (unpaired) electrons. The van der Waals surface area contributed by atoms with E-state index in [1.165, 1.54) is 0 Å². The zero-order valence-corrected chi connectivity index (χ0v) is 6.99. The highest BCUT2D eigenvalue weighted by Gasteiger charge is 2.22. The molecule has 0 aliphatic carbocycles. The Morgan fingerprint density at radius 1 is 1.54 bits per heavy atom. The summed E-state index contributed by atoms with van der Waals surface area (Å²) < 4.78 is 5.36. The van der Waals surface area contributed by atoms with Crippen LogP contribution in [0.1, 0.15) is 0 Å². The fourth-order valence-corrected chi connectivity index (χ4v) is 1.27. The standard InChI is InChI=1S/C9H10N2O2/c10-9(12)8-5-11-6-3-1-2-4-7(6)13-8/h1-4,8,11H,5H2,(H2,10,12)/t8-/m0/s1. The molecule has 1 aromatic rings. The number of primary amides is 1. The van der Waals surface area contributed by atoms with Crippen molar-refractivity contribution in [3.63, 3.8) is 0 Å². The van der Waals surface area contributed by atoms with E-state index in [1.807, 2.05) is 18.2 Å². The number of carbonyl (C=O) groups excluding carboxylic acids is 1. The Morgan fingerprint density at radius 2 is 2.31 bits per heavy atom. The molecule has 0 fully saturated rings. The fraction of sp³-hybridized carbons (Fsp3) is 0.222. The van der Waals surface area contributed by atoms with Gasteiger partial charge in [0.25, 0.3) is 5.91 Å². The number of carbonyl (C=O) groups is 1. The van der Waals surface area contributed by atoms with Crippen molar-refractivity contribution in [2.24, 2.45) is 5.73 Å². The minimum absolute atomic E-state index is 0.437. The number of nitrogens with two attached hydrogens (primary N) is 1. The first kappa shape index (κ1) is 7.91. The SMILES string of the molecule is NC(=O)[C@@H]1CNc2ccccc2O1. The molecule has 1 aliphatic heterocycles. The van der Waals surface area contributed by atoms with Crippen molar-refractivity contribution in [1.29, 1.82) is 0 Å². The first-order chi connectivity index (χ1) is 6.27. The Bertz CT molecular complexity index is 338. The van der Waals surface area contributed by atoms with Gasteiger partial charge in [0, 0.05) is 0 Å². The van der Waals surface area contributed by atoms with Gasteiger partial charge in [0.05, 0.1) is 12.2 Å². The van der Waals surface area contributed by atoms with E-state index < -0.39 is 12.0 Å². The number of nitrogens with one attached hydrogen (secondary N) is 1. The van der Waals surface area contributed by atoms with Crippen molar-refractivity contribution in [2.45, 2.75) is 6.10 Å². The van der Waals surface area contributed by atoms with Crippen LogP contribution in [0.15, 0.2) is 24.3 Å². The van der Waals surface area contributed by atoms with Crippen molar-refractivity contribution in [1.82, 2.24) is 0 Å². The zero-order chi connectivity index (χ0) is 9.26. The Morgan fingerprint density at radius 3 is 3.08 bits per heavy atom. The molecule has 0 saturated heterocycles. The average Bonchev–Trinajstić information content (AvgIpc) is 2.17. The largest absolute Gasteiger partial charge is 0.477 e. The number of hydrogen-bond acceptors (Lipinski definition) is 3. The summed E-state index contributed by atoms with van der Waals surface area (Å²) in [5.74, 6) is 0.236. The molecule has 1 aromatic carbocycles. The number of anilines is 1.